The molecule has 3 aromatic rings. The number of aryl methyl sites for hydroxylation is 1. The molecule has 20 heavy (non-hydrogen) atoms. The van der Waals surface area contributed by atoms with Crippen molar-refractivity contribution < 1.29 is 0 Å². The summed E-state index contributed by atoms with van der Waals surface area (Å²) >= 11 is 5.07. The lowest BCUT2D eigenvalue weighted by molar-refractivity contribution is 0.732. The van der Waals surface area contributed by atoms with Gasteiger partial charge in [0.2, 0.25) is 4.80 Å². The Kier molecular flexibility index (Phi) is 3.80. The van der Waals surface area contributed by atoms with Gasteiger partial charge < -0.3 is 0 Å². The van der Waals surface area contributed by atoms with E-state index in [4.69, 9.17) is 0 Å². The van der Waals surface area contributed by atoms with Crippen LogP contribution in [0.5, 0.6) is 0 Å². The zero-order valence-corrected chi connectivity index (χ0v) is 13.2. The van der Waals surface area contributed by atoms with Gasteiger partial charge in [-0.3, -0.25) is 0 Å². The van der Waals surface area contributed by atoms with E-state index in [2.05, 4.69) is 38.2 Å². The van der Waals surface area contributed by atoms with Crippen LogP contribution < -0.4 is 4.80 Å². The number of halogens is 1. The third-order valence-corrected chi connectivity index (χ3v) is 4.30. The molecule has 0 fully saturated rings. The fourth-order valence-corrected chi connectivity index (χ4v) is 3.10. The molecular formula is C15H12BrN3S. The van der Waals surface area contributed by atoms with Crippen molar-refractivity contribution in [2.45, 2.75) is 0 Å². The zero-order valence-electron chi connectivity index (χ0n) is 10.8. The van der Waals surface area contributed by atoms with Crippen molar-refractivity contribution in [2.24, 2.45) is 12.0 Å². The number of hydrogen-bond acceptors (Lipinski definition) is 3. The van der Waals surface area contributed by atoms with Crippen LogP contribution in [0.1, 0.15) is 0 Å². The van der Waals surface area contributed by atoms with E-state index >= 15 is 0 Å². The molecule has 5 heteroatoms. The van der Waals surface area contributed by atoms with Crippen molar-refractivity contribution >= 4 is 33.0 Å². The molecule has 0 aliphatic carbocycles. The molecule has 3 nitrogen and oxygen atoms in total. The molecule has 0 unspecified atom stereocenters. The highest BCUT2D eigenvalue weighted by molar-refractivity contribution is 9.10. The van der Waals surface area contributed by atoms with E-state index in [0.29, 0.717) is 0 Å². The van der Waals surface area contributed by atoms with E-state index in [9.17, 15) is 0 Å². The predicted octanol–water partition coefficient (Wildman–Crippen LogP) is 4.14. The Morgan fingerprint density at radius 1 is 1.10 bits per heavy atom. The average Bonchev–Trinajstić information content (AvgIpc) is 2.81. The average molecular weight is 346 g/mol. The van der Waals surface area contributed by atoms with E-state index in [1.54, 1.807) is 11.3 Å². The molecule has 0 atom stereocenters. The molecule has 0 saturated heterocycles. The van der Waals surface area contributed by atoms with Crippen molar-refractivity contribution in [2.75, 3.05) is 0 Å². The maximum absolute atomic E-state index is 4.62. The van der Waals surface area contributed by atoms with Gasteiger partial charge in [-0.1, -0.05) is 57.6 Å². The molecule has 1 heterocycles. The smallest absolute Gasteiger partial charge is 0.208 e. The number of benzene rings is 2. The normalized spacial score (nSPS) is 11.8. The zero-order chi connectivity index (χ0) is 13.9. The van der Waals surface area contributed by atoms with Crippen LogP contribution >= 0.6 is 27.3 Å². The van der Waals surface area contributed by atoms with Gasteiger partial charge in [0.05, 0.1) is 5.69 Å². The minimum Gasteiger partial charge on any atom is -0.241 e. The summed E-state index contributed by atoms with van der Waals surface area (Å²) in [4.78, 5) is 5.50. The second kappa shape index (κ2) is 5.73. The third kappa shape index (κ3) is 2.89. The molecule has 0 saturated carbocycles. The lowest BCUT2D eigenvalue weighted by atomic mass is 10.2. The highest BCUT2D eigenvalue weighted by atomic mass is 79.9. The highest BCUT2D eigenvalue weighted by Crippen LogP contribution is 2.23. The summed E-state index contributed by atoms with van der Waals surface area (Å²) in [5.74, 6) is 0. The summed E-state index contributed by atoms with van der Waals surface area (Å²) < 4.78 is 2.86. The Morgan fingerprint density at radius 3 is 2.65 bits per heavy atom. The number of para-hydroxylation sites is 1. The summed E-state index contributed by atoms with van der Waals surface area (Å²) in [6.07, 6.45) is 0. The summed E-state index contributed by atoms with van der Waals surface area (Å²) in [7, 11) is 1.92. The summed E-state index contributed by atoms with van der Waals surface area (Å²) in [6.45, 7) is 0. The molecule has 0 aliphatic rings. The fourth-order valence-electron chi connectivity index (χ4n) is 1.80. The summed E-state index contributed by atoms with van der Waals surface area (Å²) in [6, 6.07) is 18.0. The molecule has 2 aromatic carbocycles. The van der Waals surface area contributed by atoms with Crippen LogP contribution in [0.4, 0.5) is 5.69 Å². The topological polar surface area (TPSA) is 30.2 Å². The van der Waals surface area contributed by atoms with E-state index < -0.39 is 0 Å². The van der Waals surface area contributed by atoms with Crippen LogP contribution in [0.15, 0.2) is 64.1 Å². The van der Waals surface area contributed by atoms with Crippen LogP contribution in [0.25, 0.3) is 10.6 Å². The van der Waals surface area contributed by atoms with E-state index in [1.807, 2.05) is 54.2 Å². The van der Waals surface area contributed by atoms with Gasteiger partial charge in [-0.15, -0.1) is 0 Å². The minimum atomic E-state index is 0.881. The van der Waals surface area contributed by atoms with Crippen molar-refractivity contribution in [3.63, 3.8) is 0 Å². The lowest BCUT2D eigenvalue weighted by Crippen LogP contribution is -2.10. The lowest BCUT2D eigenvalue weighted by Gasteiger charge is -1.95. The Morgan fingerprint density at radius 2 is 1.90 bits per heavy atom. The van der Waals surface area contributed by atoms with Gasteiger partial charge in [-0.05, 0) is 24.3 Å². The molecular weight excluding hydrogens is 334 g/mol. The monoisotopic (exact) mass is 345 g/mol. The largest absolute Gasteiger partial charge is 0.241 e. The standard InChI is InChI=1S/C15H12BrN3S/c1-19-15(17-13-8-3-2-4-9-13)20-14(18-19)11-6-5-7-12(16)10-11/h2-10H,1H3. The fraction of sp³-hybridized carbons (Fsp3) is 0.0667. The van der Waals surface area contributed by atoms with Gasteiger partial charge >= 0.3 is 0 Å². The van der Waals surface area contributed by atoms with Gasteiger partial charge in [0.25, 0.3) is 0 Å². The van der Waals surface area contributed by atoms with Crippen LogP contribution in [0, 0.1) is 0 Å². The van der Waals surface area contributed by atoms with Gasteiger partial charge in [0.1, 0.15) is 5.01 Å². The van der Waals surface area contributed by atoms with E-state index in [-0.39, 0.29) is 0 Å². The van der Waals surface area contributed by atoms with E-state index in [0.717, 1.165) is 25.5 Å². The van der Waals surface area contributed by atoms with Gasteiger partial charge in [0, 0.05) is 17.1 Å². The Bertz CT molecular complexity index is 790. The van der Waals surface area contributed by atoms with Crippen LogP contribution in [0.2, 0.25) is 0 Å². The van der Waals surface area contributed by atoms with Gasteiger partial charge in [-0.2, -0.15) is 5.10 Å². The molecule has 0 bridgehead atoms. The Balaban J connectivity index is 2.06. The molecule has 100 valence electrons. The number of aromatic nitrogens is 2. The van der Waals surface area contributed by atoms with Crippen LogP contribution in [-0.2, 0) is 7.05 Å². The molecule has 0 radical (unpaired) electrons. The number of nitrogens with zero attached hydrogens (tertiary/aromatic N) is 3. The molecule has 3 rings (SSSR count). The van der Waals surface area contributed by atoms with Crippen LogP contribution in [-0.4, -0.2) is 9.78 Å². The molecule has 0 N–H and O–H groups in total. The summed E-state index contributed by atoms with van der Waals surface area (Å²) in [5, 5.41) is 5.50. The first kappa shape index (κ1) is 13.3. The Hall–Kier alpha value is -1.72. The molecule has 0 spiro atoms. The van der Waals surface area contributed by atoms with Gasteiger partial charge in [-0.25, -0.2) is 9.67 Å². The maximum atomic E-state index is 4.62. The first-order valence-corrected chi connectivity index (χ1v) is 7.73. The van der Waals surface area contributed by atoms with Crippen LogP contribution in [0.3, 0.4) is 0 Å². The van der Waals surface area contributed by atoms with Gasteiger partial charge in [0.15, 0.2) is 0 Å². The molecule has 0 amide bonds. The van der Waals surface area contributed by atoms with Crippen molar-refractivity contribution in [1.29, 1.82) is 0 Å². The highest BCUT2D eigenvalue weighted by Gasteiger charge is 2.05. The SMILES string of the molecule is Cn1nc(-c2cccc(Br)c2)sc1=Nc1ccccc1. The number of rotatable bonds is 2. The minimum absolute atomic E-state index is 0.881. The quantitative estimate of drug-likeness (QED) is 0.686. The number of hydrogen-bond donors (Lipinski definition) is 0. The van der Waals surface area contributed by atoms with Crippen molar-refractivity contribution in [3.05, 3.63) is 63.9 Å². The molecule has 0 aliphatic heterocycles. The Labute approximate surface area is 129 Å². The second-order valence-electron chi connectivity index (χ2n) is 4.27. The second-order valence-corrected chi connectivity index (χ2v) is 6.14. The van der Waals surface area contributed by atoms with E-state index in [1.165, 1.54) is 0 Å². The summed E-state index contributed by atoms with van der Waals surface area (Å²) in [5.41, 5.74) is 2.03. The predicted molar refractivity (Wildman–Crippen MR) is 85.9 cm³/mol. The third-order valence-electron chi connectivity index (χ3n) is 2.76. The van der Waals surface area contributed by atoms with Crippen molar-refractivity contribution in [3.8, 4) is 10.6 Å². The first-order valence-electron chi connectivity index (χ1n) is 6.12. The molecule has 1 aromatic heterocycles. The van der Waals surface area contributed by atoms with Crippen molar-refractivity contribution in [1.82, 2.24) is 9.78 Å². The maximum Gasteiger partial charge on any atom is 0.208 e. The first-order chi connectivity index (χ1) is 9.72.